The van der Waals surface area contributed by atoms with Gasteiger partial charge < -0.3 is 14.8 Å². The Morgan fingerprint density at radius 1 is 1.39 bits per heavy atom. The molecule has 23 heavy (non-hydrogen) atoms. The van der Waals surface area contributed by atoms with E-state index in [0.717, 1.165) is 19.3 Å². The fraction of sp³-hybridized carbons (Fsp3) is 0.722. The number of amides is 1. The standard InChI is InChI=1S/C18H27NO3S/c1-12-7-8-17(23-12)16-11-14(19-18(20)9-10-21-2)13-5-3-4-6-15(13)22-16/h7-8,13-16H,3-6,9-11H2,1-2H3,(H,19,20)/t13-,14+,15+,16+/m0/s1. The lowest BCUT2D eigenvalue weighted by Gasteiger charge is -2.44. The van der Waals surface area contributed by atoms with Gasteiger partial charge in [0.2, 0.25) is 5.91 Å². The Morgan fingerprint density at radius 2 is 2.22 bits per heavy atom. The molecule has 1 saturated heterocycles. The molecule has 2 fully saturated rings. The van der Waals surface area contributed by atoms with Crippen molar-refractivity contribution in [3.8, 4) is 0 Å². The van der Waals surface area contributed by atoms with E-state index in [1.807, 2.05) is 11.3 Å². The second-order valence-corrected chi connectivity index (χ2v) is 8.03. The van der Waals surface area contributed by atoms with Crippen LogP contribution in [0.4, 0.5) is 0 Å². The van der Waals surface area contributed by atoms with Gasteiger partial charge in [-0.3, -0.25) is 4.79 Å². The van der Waals surface area contributed by atoms with Crippen molar-refractivity contribution >= 4 is 17.2 Å². The minimum Gasteiger partial charge on any atom is -0.384 e. The third kappa shape index (κ3) is 4.14. The number of nitrogens with one attached hydrogen (secondary N) is 1. The van der Waals surface area contributed by atoms with Crippen LogP contribution in [0.3, 0.4) is 0 Å². The number of methoxy groups -OCH3 is 1. The maximum Gasteiger partial charge on any atom is 0.222 e. The summed E-state index contributed by atoms with van der Waals surface area (Å²) >= 11 is 1.81. The molecule has 0 spiro atoms. The van der Waals surface area contributed by atoms with Crippen molar-refractivity contribution in [1.82, 2.24) is 5.32 Å². The van der Waals surface area contributed by atoms with Crippen LogP contribution < -0.4 is 5.32 Å². The quantitative estimate of drug-likeness (QED) is 0.893. The highest BCUT2D eigenvalue weighted by Crippen LogP contribution is 2.42. The molecule has 3 rings (SSSR count). The highest BCUT2D eigenvalue weighted by molar-refractivity contribution is 7.12. The van der Waals surface area contributed by atoms with Gasteiger partial charge >= 0.3 is 0 Å². The second-order valence-electron chi connectivity index (χ2n) is 6.71. The molecular weight excluding hydrogens is 310 g/mol. The molecule has 128 valence electrons. The van der Waals surface area contributed by atoms with Gasteiger partial charge in [0, 0.05) is 35.2 Å². The van der Waals surface area contributed by atoms with Gasteiger partial charge in [-0.15, -0.1) is 11.3 Å². The van der Waals surface area contributed by atoms with E-state index in [-0.39, 0.29) is 24.2 Å². The third-order valence-corrected chi connectivity index (χ3v) is 6.13. The molecule has 4 nitrogen and oxygen atoms in total. The number of thiophene rings is 1. The Balaban J connectivity index is 1.70. The topological polar surface area (TPSA) is 47.6 Å². The predicted octanol–water partition coefficient (Wildman–Crippen LogP) is 3.60. The minimum atomic E-state index is 0.101. The zero-order valence-electron chi connectivity index (χ0n) is 14.0. The number of ether oxygens (including phenoxy) is 2. The molecule has 1 saturated carbocycles. The predicted molar refractivity (Wildman–Crippen MR) is 91.7 cm³/mol. The summed E-state index contributed by atoms with van der Waals surface area (Å²) in [6.45, 7) is 2.61. The first-order chi connectivity index (χ1) is 11.2. The Labute approximate surface area is 142 Å². The minimum absolute atomic E-state index is 0.101. The number of rotatable bonds is 5. The SMILES string of the molecule is COCCC(=O)N[C@@H]1C[C@H](c2ccc(C)s2)O[C@@H]2CCCC[C@@H]12. The number of hydrogen-bond acceptors (Lipinski definition) is 4. The summed E-state index contributed by atoms with van der Waals surface area (Å²) in [5.41, 5.74) is 0. The van der Waals surface area contributed by atoms with Crippen molar-refractivity contribution in [2.75, 3.05) is 13.7 Å². The maximum atomic E-state index is 12.2. The number of fused-ring (bicyclic) bond motifs is 1. The number of carbonyl (C=O) groups is 1. The van der Waals surface area contributed by atoms with E-state index in [9.17, 15) is 4.79 Å². The summed E-state index contributed by atoms with van der Waals surface area (Å²) in [6.07, 6.45) is 6.51. The van der Waals surface area contributed by atoms with E-state index in [4.69, 9.17) is 9.47 Å². The molecule has 0 unspecified atom stereocenters. The highest BCUT2D eigenvalue weighted by atomic mass is 32.1. The van der Waals surface area contributed by atoms with Crippen molar-refractivity contribution in [3.05, 3.63) is 21.9 Å². The Hall–Kier alpha value is -0.910. The molecule has 1 aliphatic carbocycles. The van der Waals surface area contributed by atoms with E-state index in [1.54, 1.807) is 7.11 Å². The van der Waals surface area contributed by atoms with E-state index in [1.165, 1.54) is 22.6 Å². The van der Waals surface area contributed by atoms with Gasteiger partial charge in [-0.25, -0.2) is 0 Å². The van der Waals surface area contributed by atoms with E-state index in [2.05, 4.69) is 24.4 Å². The van der Waals surface area contributed by atoms with Crippen LogP contribution in [-0.4, -0.2) is 31.8 Å². The first kappa shape index (κ1) is 16.9. The first-order valence-corrected chi connectivity index (χ1v) is 9.49. The van der Waals surface area contributed by atoms with Gasteiger partial charge in [0.1, 0.15) is 0 Å². The molecule has 4 atom stereocenters. The second kappa shape index (κ2) is 7.77. The molecule has 0 bridgehead atoms. The number of carbonyl (C=O) groups excluding carboxylic acids is 1. The van der Waals surface area contributed by atoms with Crippen LogP contribution in [-0.2, 0) is 14.3 Å². The van der Waals surface area contributed by atoms with Crippen molar-refractivity contribution in [2.45, 2.75) is 63.7 Å². The Kier molecular flexibility index (Phi) is 5.72. The van der Waals surface area contributed by atoms with Crippen LogP contribution in [0.25, 0.3) is 0 Å². The molecule has 0 aromatic carbocycles. The van der Waals surface area contributed by atoms with Gasteiger partial charge in [-0.05, 0) is 38.3 Å². The molecule has 1 aromatic rings. The van der Waals surface area contributed by atoms with Crippen LogP contribution in [0.15, 0.2) is 12.1 Å². The van der Waals surface area contributed by atoms with Crippen LogP contribution >= 0.6 is 11.3 Å². The molecule has 1 aliphatic heterocycles. The van der Waals surface area contributed by atoms with Gasteiger partial charge in [0.05, 0.1) is 18.8 Å². The van der Waals surface area contributed by atoms with Crippen molar-refractivity contribution in [2.24, 2.45) is 5.92 Å². The summed E-state index contributed by atoms with van der Waals surface area (Å²) in [7, 11) is 1.63. The summed E-state index contributed by atoms with van der Waals surface area (Å²) in [4.78, 5) is 14.8. The van der Waals surface area contributed by atoms with Crippen LogP contribution in [0.2, 0.25) is 0 Å². The fourth-order valence-electron chi connectivity index (χ4n) is 3.88. The van der Waals surface area contributed by atoms with Crippen LogP contribution in [0, 0.1) is 12.8 Å². The number of hydrogen-bond donors (Lipinski definition) is 1. The normalized spacial score (nSPS) is 30.7. The van der Waals surface area contributed by atoms with Gasteiger partial charge in [0.25, 0.3) is 0 Å². The smallest absolute Gasteiger partial charge is 0.222 e. The molecule has 2 heterocycles. The molecule has 1 N–H and O–H groups in total. The van der Waals surface area contributed by atoms with Crippen molar-refractivity contribution in [1.29, 1.82) is 0 Å². The third-order valence-electron chi connectivity index (χ3n) is 5.04. The maximum absolute atomic E-state index is 12.2. The summed E-state index contributed by atoms with van der Waals surface area (Å²) in [5.74, 6) is 0.566. The van der Waals surface area contributed by atoms with Crippen molar-refractivity contribution < 1.29 is 14.3 Å². The number of aryl methyl sites for hydroxylation is 1. The average Bonchev–Trinajstić information content (AvgIpc) is 2.99. The fourth-order valence-corrected chi connectivity index (χ4v) is 4.80. The first-order valence-electron chi connectivity index (χ1n) is 8.67. The van der Waals surface area contributed by atoms with E-state index in [0.29, 0.717) is 18.9 Å². The lowest BCUT2D eigenvalue weighted by atomic mass is 9.77. The highest BCUT2D eigenvalue weighted by Gasteiger charge is 2.41. The van der Waals surface area contributed by atoms with Gasteiger partial charge in [-0.2, -0.15) is 0 Å². The van der Waals surface area contributed by atoms with Crippen molar-refractivity contribution in [3.63, 3.8) is 0 Å². The van der Waals surface area contributed by atoms with Gasteiger partial charge in [0.15, 0.2) is 0 Å². The average molecular weight is 337 g/mol. The van der Waals surface area contributed by atoms with Gasteiger partial charge in [-0.1, -0.05) is 12.8 Å². The molecule has 1 amide bonds. The van der Waals surface area contributed by atoms with E-state index >= 15 is 0 Å². The molecule has 0 radical (unpaired) electrons. The summed E-state index contributed by atoms with van der Waals surface area (Å²) in [5, 5.41) is 3.27. The van der Waals surface area contributed by atoms with E-state index < -0.39 is 0 Å². The summed E-state index contributed by atoms with van der Waals surface area (Å²) in [6, 6.07) is 4.56. The zero-order chi connectivity index (χ0) is 16.2. The molecular formula is C18H27NO3S. The lowest BCUT2D eigenvalue weighted by Crippen LogP contribution is -2.51. The molecule has 2 aliphatic rings. The Morgan fingerprint density at radius 3 is 2.96 bits per heavy atom. The monoisotopic (exact) mass is 337 g/mol. The zero-order valence-corrected chi connectivity index (χ0v) is 14.9. The molecule has 5 heteroatoms. The van der Waals surface area contributed by atoms with Crippen LogP contribution in [0.5, 0.6) is 0 Å². The Bertz CT molecular complexity index is 530. The largest absolute Gasteiger partial charge is 0.384 e. The molecule has 1 aromatic heterocycles. The lowest BCUT2D eigenvalue weighted by molar-refractivity contribution is -0.133. The summed E-state index contributed by atoms with van der Waals surface area (Å²) < 4.78 is 11.4. The van der Waals surface area contributed by atoms with Crippen LogP contribution in [0.1, 0.15) is 54.4 Å².